The van der Waals surface area contributed by atoms with Crippen molar-refractivity contribution in [1.82, 2.24) is 5.32 Å². The van der Waals surface area contributed by atoms with E-state index in [0.29, 0.717) is 31.0 Å². The fourth-order valence-electron chi connectivity index (χ4n) is 4.70. The molecular weight excluding hydrogens is 279 g/mol. The Morgan fingerprint density at radius 3 is 3.00 bits per heavy atom. The molecule has 118 valence electrons. The number of fused-ring (bicyclic) bond motifs is 3. The van der Waals surface area contributed by atoms with Gasteiger partial charge in [-0.25, -0.2) is 4.39 Å². The summed E-state index contributed by atoms with van der Waals surface area (Å²) in [4.78, 5) is 12.3. The van der Waals surface area contributed by atoms with Crippen LogP contribution in [0.25, 0.3) is 0 Å². The fourth-order valence-corrected chi connectivity index (χ4v) is 4.70. The number of halogens is 1. The third-order valence-electron chi connectivity index (χ3n) is 5.81. The zero-order chi connectivity index (χ0) is 15.1. The Kier molecular flexibility index (Phi) is 3.65. The molecule has 0 radical (unpaired) electrons. The number of rotatable bonds is 3. The molecule has 0 saturated heterocycles. The second-order valence-corrected chi connectivity index (χ2v) is 7.18. The topological polar surface area (TPSA) is 41.1 Å². The van der Waals surface area contributed by atoms with Crippen LogP contribution in [0.4, 0.5) is 10.1 Å². The maximum atomic E-state index is 14.5. The second-order valence-electron chi connectivity index (χ2n) is 7.18. The molecule has 0 aromatic heterocycles. The number of nitrogens with one attached hydrogen (secondary N) is 2. The van der Waals surface area contributed by atoms with Crippen molar-refractivity contribution in [3.05, 3.63) is 29.1 Å². The van der Waals surface area contributed by atoms with Gasteiger partial charge in [0.25, 0.3) is 0 Å². The van der Waals surface area contributed by atoms with E-state index in [1.807, 2.05) is 6.07 Å². The van der Waals surface area contributed by atoms with Gasteiger partial charge in [-0.15, -0.1) is 0 Å². The van der Waals surface area contributed by atoms with Crippen molar-refractivity contribution in [2.75, 3.05) is 11.9 Å². The molecule has 2 aliphatic carbocycles. The first-order chi connectivity index (χ1) is 10.7. The highest BCUT2D eigenvalue weighted by Crippen LogP contribution is 2.49. The Morgan fingerprint density at radius 2 is 2.23 bits per heavy atom. The van der Waals surface area contributed by atoms with Crippen molar-refractivity contribution in [2.45, 2.75) is 45.1 Å². The van der Waals surface area contributed by atoms with Gasteiger partial charge in [-0.05, 0) is 67.2 Å². The summed E-state index contributed by atoms with van der Waals surface area (Å²) in [5.74, 6) is 1.83. The molecule has 3 aliphatic rings. The number of anilines is 1. The number of amides is 1. The van der Waals surface area contributed by atoms with Gasteiger partial charge in [0, 0.05) is 13.0 Å². The fraction of sp³-hybridized carbons (Fsp3) is 0.611. The molecule has 1 aliphatic heterocycles. The van der Waals surface area contributed by atoms with Crippen LogP contribution < -0.4 is 10.6 Å². The molecule has 2 N–H and O–H groups in total. The van der Waals surface area contributed by atoms with Crippen molar-refractivity contribution in [1.29, 1.82) is 0 Å². The Bertz CT molecular complexity index is 601. The lowest BCUT2D eigenvalue weighted by Gasteiger charge is -2.22. The van der Waals surface area contributed by atoms with Crippen molar-refractivity contribution in [3.8, 4) is 0 Å². The molecule has 3 atom stereocenters. The number of carbonyl (C=O) groups is 1. The molecule has 1 heterocycles. The minimum absolute atomic E-state index is 0.0228. The first-order valence-electron chi connectivity index (χ1n) is 8.51. The summed E-state index contributed by atoms with van der Waals surface area (Å²) >= 11 is 0. The highest BCUT2D eigenvalue weighted by atomic mass is 19.1. The highest BCUT2D eigenvalue weighted by Gasteiger charge is 2.40. The molecule has 1 aromatic carbocycles. The Morgan fingerprint density at radius 1 is 1.32 bits per heavy atom. The number of carbonyl (C=O) groups excluding carboxylic acids is 1. The van der Waals surface area contributed by atoms with E-state index < -0.39 is 0 Å². The van der Waals surface area contributed by atoms with E-state index in [9.17, 15) is 9.18 Å². The van der Waals surface area contributed by atoms with Crippen LogP contribution in [-0.4, -0.2) is 12.5 Å². The van der Waals surface area contributed by atoms with Gasteiger partial charge in [-0.2, -0.15) is 0 Å². The van der Waals surface area contributed by atoms with Crippen LogP contribution >= 0.6 is 0 Å². The van der Waals surface area contributed by atoms with Gasteiger partial charge in [0.05, 0.1) is 5.69 Å². The summed E-state index contributed by atoms with van der Waals surface area (Å²) in [6.45, 7) is 1.51. The smallest absolute Gasteiger partial charge is 0.224 e. The average Bonchev–Trinajstić information content (AvgIpc) is 3.13. The minimum Gasteiger partial charge on any atom is -0.324 e. The van der Waals surface area contributed by atoms with Crippen LogP contribution in [0.1, 0.15) is 43.2 Å². The molecule has 22 heavy (non-hydrogen) atoms. The van der Waals surface area contributed by atoms with Crippen LogP contribution in [0.15, 0.2) is 12.1 Å². The minimum atomic E-state index is -0.236. The number of hydrogen-bond donors (Lipinski definition) is 2. The van der Waals surface area contributed by atoms with Gasteiger partial charge in [0.2, 0.25) is 5.91 Å². The average molecular weight is 302 g/mol. The van der Waals surface area contributed by atoms with Gasteiger partial charge in [0.1, 0.15) is 5.82 Å². The van der Waals surface area contributed by atoms with E-state index in [-0.39, 0.29) is 11.7 Å². The van der Waals surface area contributed by atoms with Crippen LogP contribution in [-0.2, 0) is 17.8 Å². The van der Waals surface area contributed by atoms with Gasteiger partial charge >= 0.3 is 0 Å². The molecule has 2 fully saturated rings. The Balaban J connectivity index is 1.43. The summed E-state index contributed by atoms with van der Waals surface area (Å²) < 4.78 is 14.5. The van der Waals surface area contributed by atoms with E-state index in [1.54, 1.807) is 6.07 Å². The summed E-state index contributed by atoms with van der Waals surface area (Å²) in [7, 11) is 0. The largest absolute Gasteiger partial charge is 0.324 e. The van der Waals surface area contributed by atoms with Gasteiger partial charge in [-0.3, -0.25) is 4.79 Å². The normalized spacial score (nSPS) is 29.4. The summed E-state index contributed by atoms with van der Waals surface area (Å²) in [5.41, 5.74) is 2.13. The Hall–Kier alpha value is -1.42. The molecule has 0 spiro atoms. The molecule has 4 rings (SSSR count). The van der Waals surface area contributed by atoms with Crippen molar-refractivity contribution in [2.24, 2.45) is 17.8 Å². The monoisotopic (exact) mass is 302 g/mol. The maximum absolute atomic E-state index is 14.5. The number of hydrogen-bond acceptors (Lipinski definition) is 2. The zero-order valence-corrected chi connectivity index (χ0v) is 12.8. The predicted molar refractivity (Wildman–Crippen MR) is 84.0 cm³/mol. The van der Waals surface area contributed by atoms with E-state index in [0.717, 1.165) is 29.5 Å². The van der Waals surface area contributed by atoms with Gasteiger partial charge < -0.3 is 10.6 Å². The van der Waals surface area contributed by atoms with E-state index in [2.05, 4.69) is 10.6 Å². The molecule has 1 aromatic rings. The lowest BCUT2D eigenvalue weighted by atomic mass is 9.86. The SMILES string of the molecule is O=C(CC1CC2CCC1C2)Nc1ccc2c(c1F)CCNC2. The molecule has 2 bridgehead atoms. The van der Waals surface area contributed by atoms with Crippen LogP contribution in [0.5, 0.6) is 0 Å². The lowest BCUT2D eigenvalue weighted by molar-refractivity contribution is -0.117. The Labute approximate surface area is 130 Å². The summed E-state index contributed by atoms with van der Waals surface area (Å²) in [5, 5.41) is 6.05. The zero-order valence-electron chi connectivity index (χ0n) is 12.8. The molecule has 2 saturated carbocycles. The van der Waals surface area contributed by atoms with E-state index in [4.69, 9.17) is 0 Å². The first kappa shape index (κ1) is 14.2. The van der Waals surface area contributed by atoms with Crippen molar-refractivity contribution >= 4 is 11.6 Å². The highest BCUT2D eigenvalue weighted by molar-refractivity contribution is 5.91. The van der Waals surface area contributed by atoms with E-state index >= 15 is 0 Å². The maximum Gasteiger partial charge on any atom is 0.224 e. The van der Waals surface area contributed by atoms with Crippen molar-refractivity contribution in [3.63, 3.8) is 0 Å². The molecule has 3 unspecified atom stereocenters. The standard InChI is InChI=1S/C18H23FN2O/c19-18-15-5-6-20-10-13(15)3-4-16(18)21-17(22)9-14-8-11-1-2-12(14)7-11/h3-4,11-12,14,20H,1-2,5-10H2,(H,21,22). The van der Waals surface area contributed by atoms with E-state index in [1.165, 1.54) is 25.7 Å². The van der Waals surface area contributed by atoms with Gasteiger partial charge in [-0.1, -0.05) is 12.5 Å². The van der Waals surface area contributed by atoms with Crippen LogP contribution in [0.3, 0.4) is 0 Å². The molecule has 1 amide bonds. The predicted octanol–water partition coefficient (Wildman–Crippen LogP) is 3.24. The van der Waals surface area contributed by atoms with Gasteiger partial charge in [0.15, 0.2) is 0 Å². The molecule has 3 nitrogen and oxygen atoms in total. The quantitative estimate of drug-likeness (QED) is 0.900. The third-order valence-corrected chi connectivity index (χ3v) is 5.81. The third kappa shape index (κ3) is 2.54. The lowest BCUT2D eigenvalue weighted by Crippen LogP contribution is -2.25. The summed E-state index contributed by atoms with van der Waals surface area (Å²) in [6, 6.07) is 3.64. The number of benzene rings is 1. The van der Waals surface area contributed by atoms with Crippen LogP contribution in [0, 0.1) is 23.6 Å². The van der Waals surface area contributed by atoms with Crippen LogP contribution in [0.2, 0.25) is 0 Å². The van der Waals surface area contributed by atoms with Crippen molar-refractivity contribution < 1.29 is 9.18 Å². The molecular formula is C18H23FN2O. The molecule has 4 heteroatoms. The summed E-state index contributed by atoms with van der Waals surface area (Å²) in [6.07, 6.45) is 6.37. The first-order valence-corrected chi connectivity index (χ1v) is 8.51. The second kappa shape index (κ2) is 5.65.